The second-order valence-electron chi connectivity index (χ2n) is 7.92. The van der Waals surface area contributed by atoms with Gasteiger partial charge in [0.1, 0.15) is 5.75 Å². The topological polar surface area (TPSA) is 98.4 Å². The number of para-hydroxylation sites is 1. The third-order valence-electron chi connectivity index (χ3n) is 5.41. The van der Waals surface area contributed by atoms with Crippen molar-refractivity contribution in [3.63, 3.8) is 0 Å². The highest BCUT2D eigenvalue weighted by atomic mass is 19.3. The summed E-state index contributed by atoms with van der Waals surface area (Å²) in [5.74, 6) is 0.489. The van der Waals surface area contributed by atoms with Crippen molar-refractivity contribution in [3.8, 4) is 17.2 Å². The maximum Gasteiger partial charge on any atom is 0.387 e. The van der Waals surface area contributed by atoms with E-state index in [1.165, 1.54) is 18.2 Å². The lowest BCUT2D eigenvalue weighted by atomic mass is 9.94. The highest BCUT2D eigenvalue weighted by Crippen LogP contribution is 2.35. The third-order valence-corrected chi connectivity index (χ3v) is 5.41. The molecule has 2 aliphatic rings. The fourth-order valence-corrected chi connectivity index (χ4v) is 4.02. The molecule has 0 aromatic heterocycles. The Balaban J connectivity index is 1.65. The first kappa shape index (κ1) is 24.3. The van der Waals surface area contributed by atoms with Crippen molar-refractivity contribution in [1.82, 2.24) is 15.5 Å². The molecular weight excluding hydrogens is 464 g/mol. The number of benzene rings is 2. The summed E-state index contributed by atoms with van der Waals surface area (Å²) >= 11 is 0. The molecule has 35 heavy (non-hydrogen) atoms. The number of urea groups is 1. The molecule has 0 aliphatic carbocycles. The molecule has 2 amide bonds. The van der Waals surface area contributed by atoms with E-state index in [1.54, 1.807) is 13.0 Å². The maximum absolute atomic E-state index is 13.0. The summed E-state index contributed by atoms with van der Waals surface area (Å²) in [4.78, 5) is 27.4. The number of esters is 1. The van der Waals surface area contributed by atoms with Crippen molar-refractivity contribution in [3.05, 3.63) is 64.9 Å². The first-order valence-electron chi connectivity index (χ1n) is 10.9. The second kappa shape index (κ2) is 10.6. The van der Waals surface area contributed by atoms with E-state index in [0.717, 1.165) is 5.56 Å². The monoisotopic (exact) mass is 489 g/mol. The van der Waals surface area contributed by atoms with Gasteiger partial charge < -0.3 is 29.6 Å². The Morgan fingerprint density at radius 1 is 1.17 bits per heavy atom. The lowest BCUT2D eigenvalue weighted by Gasteiger charge is -2.31. The Hall–Kier alpha value is -3.86. The summed E-state index contributed by atoms with van der Waals surface area (Å²) in [6, 6.07) is 9.94. The lowest BCUT2D eigenvalue weighted by Crippen LogP contribution is -2.48. The number of halogens is 2. The van der Waals surface area contributed by atoms with Gasteiger partial charge in [-0.1, -0.05) is 24.3 Å². The molecule has 186 valence electrons. The highest BCUT2D eigenvalue weighted by molar-refractivity contribution is 5.95. The molecule has 11 heteroatoms. The number of rotatable bonds is 9. The highest BCUT2D eigenvalue weighted by Gasteiger charge is 2.36. The molecule has 4 rings (SSSR count). The molecule has 2 aromatic carbocycles. The number of hydrogen-bond acceptors (Lipinski definition) is 7. The number of nitrogens with zero attached hydrogens (tertiary/aromatic N) is 1. The van der Waals surface area contributed by atoms with Crippen LogP contribution in [0.1, 0.15) is 24.1 Å². The van der Waals surface area contributed by atoms with Gasteiger partial charge in [0.05, 0.1) is 18.2 Å². The lowest BCUT2D eigenvalue weighted by molar-refractivity contribution is -0.139. The molecule has 2 aromatic rings. The largest absolute Gasteiger partial charge is 0.463 e. The predicted octanol–water partition coefficient (Wildman–Crippen LogP) is 3.32. The number of alkyl halides is 2. The Bertz CT molecular complexity index is 1140. The average Bonchev–Trinajstić information content (AvgIpc) is 3.26. The molecule has 9 nitrogen and oxygen atoms in total. The van der Waals surface area contributed by atoms with Crippen LogP contribution in [0.4, 0.5) is 13.6 Å². The molecule has 0 bridgehead atoms. The van der Waals surface area contributed by atoms with Crippen molar-refractivity contribution in [2.75, 3.05) is 27.0 Å². The molecular formula is C24H25F2N3O6. The van der Waals surface area contributed by atoms with E-state index in [-0.39, 0.29) is 36.8 Å². The van der Waals surface area contributed by atoms with Crippen LogP contribution < -0.4 is 24.8 Å². The van der Waals surface area contributed by atoms with Crippen LogP contribution in [0.2, 0.25) is 0 Å². The van der Waals surface area contributed by atoms with Gasteiger partial charge in [-0.25, -0.2) is 9.59 Å². The van der Waals surface area contributed by atoms with Gasteiger partial charge in [-0.05, 0) is 37.7 Å². The normalized spacial score (nSPS) is 16.9. The molecule has 2 heterocycles. The van der Waals surface area contributed by atoms with E-state index in [2.05, 4.69) is 15.4 Å². The smallest absolute Gasteiger partial charge is 0.387 e. The molecule has 2 N–H and O–H groups in total. The Labute approximate surface area is 200 Å². The molecule has 0 unspecified atom stereocenters. The third kappa shape index (κ3) is 5.62. The molecule has 0 saturated carbocycles. The van der Waals surface area contributed by atoms with Crippen molar-refractivity contribution >= 4 is 12.0 Å². The zero-order chi connectivity index (χ0) is 24.9. The van der Waals surface area contributed by atoms with Crippen LogP contribution in [0.3, 0.4) is 0 Å². The van der Waals surface area contributed by atoms with Crippen molar-refractivity contribution in [1.29, 1.82) is 0 Å². The maximum atomic E-state index is 13.0. The quantitative estimate of drug-likeness (QED) is 0.522. The van der Waals surface area contributed by atoms with Gasteiger partial charge >= 0.3 is 18.6 Å². The van der Waals surface area contributed by atoms with Gasteiger partial charge in [-0.2, -0.15) is 8.78 Å². The fraction of sp³-hybridized carbons (Fsp3) is 0.333. The number of ether oxygens (including phenoxy) is 4. The Morgan fingerprint density at radius 2 is 1.94 bits per heavy atom. The van der Waals surface area contributed by atoms with E-state index in [9.17, 15) is 18.4 Å². The van der Waals surface area contributed by atoms with Crippen LogP contribution in [-0.2, 0) is 16.1 Å². The number of amides is 2. The summed E-state index contributed by atoms with van der Waals surface area (Å²) in [6.07, 6.45) is 0. The van der Waals surface area contributed by atoms with Crippen LogP contribution in [0.15, 0.2) is 53.7 Å². The van der Waals surface area contributed by atoms with Crippen LogP contribution >= 0.6 is 0 Å². The van der Waals surface area contributed by atoms with Crippen molar-refractivity contribution in [2.45, 2.75) is 26.1 Å². The van der Waals surface area contributed by atoms with Crippen LogP contribution in [0, 0.1) is 0 Å². The minimum Gasteiger partial charge on any atom is -0.463 e. The number of carbonyl (C=O) groups is 2. The summed E-state index contributed by atoms with van der Waals surface area (Å²) in [5, 5.41) is 5.31. The summed E-state index contributed by atoms with van der Waals surface area (Å²) in [6.45, 7) is -0.516. The minimum absolute atomic E-state index is 0.0957. The predicted molar refractivity (Wildman–Crippen MR) is 120 cm³/mol. The zero-order valence-corrected chi connectivity index (χ0v) is 19.2. The van der Waals surface area contributed by atoms with Gasteiger partial charge in [-0.3, -0.25) is 4.90 Å². The van der Waals surface area contributed by atoms with Crippen molar-refractivity contribution < 1.29 is 37.3 Å². The fourth-order valence-electron chi connectivity index (χ4n) is 4.02. The number of carbonyl (C=O) groups excluding carboxylic acids is 2. The van der Waals surface area contributed by atoms with Crippen LogP contribution in [0.5, 0.6) is 17.2 Å². The summed E-state index contributed by atoms with van der Waals surface area (Å²) in [7, 11) is 1.82. The van der Waals surface area contributed by atoms with Gasteiger partial charge in [0.25, 0.3) is 0 Å². The molecule has 0 spiro atoms. The average molecular weight is 489 g/mol. The van der Waals surface area contributed by atoms with Gasteiger partial charge in [0, 0.05) is 24.4 Å². The number of likely N-dealkylation sites (N-methyl/N-ethyl adjacent to an activating group) is 1. The summed E-state index contributed by atoms with van der Waals surface area (Å²) in [5.41, 5.74) is 1.55. The van der Waals surface area contributed by atoms with Crippen LogP contribution in [-0.4, -0.2) is 50.5 Å². The SMILES string of the molecule is CCOC(=O)C1=C(CN(C)Cc2ccc3c(c2)OCO3)NC(=O)N[C@@H]1c1ccccc1OC(F)F. The van der Waals surface area contributed by atoms with E-state index < -0.39 is 24.7 Å². The Kier molecular flexibility index (Phi) is 7.35. The van der Waals surface area contributed by atoms with Gasteiger partial charge in [0.2, 0.25) is 6.79 Å². The second-order valence-corrected chi connectivity index (χ2v) is 7.92. The molecule has 0 radical (unpaired) electrons. The number of fused-ring (bicyclic) bond motifs is 1. The first-order valence-corrected chi connectivity index (χ1v) is 10.9. The molecule has 0 saturated heterocycles. The van der Waals surface area contributed by atoms with E-state index in [0.29, 0.717) is 23.7 Å². The molecule has 1 atom stereocenters. The van der Waals surface area contributed by atoms with E-state index in [1.807, 2.05) is 30.1 Å². The first-order chi connectivity index (χ1) is 16.9. The number of hydrogen-bond donors (Lipinski definition) is 2. The molecule has 0 fully saturated rings. The minimum atomic E-state index is -3.07. The van der Waals surface area contributed by atoms with E-state index >= 15 is 0 Å². The van der Waals surface area contributed by atoms with Crippen LogP contribution in [0.25, 0.3) is 0 Å². The Morgan fingerprint density at radius 3 is 2.71 bits per heavy atom. The standard InChI is InChI=1S/C24H25F2N3O6/c1-3-32-22(30)20-16(12-29(2)11-14-8-9-18-19(10-14)34-13-33-18)27-24(31)28-21(20)15-6-4-5-7-17(15)35-23(25)26/h4-10,21,23H,3,11-13H2,1-2H3,(H2,27,28,31)/t21-/m1/s1. The van der Waals surface area contributed by atoms with Crippen molar-refractivity contribution in [2.24, 2.45) is 0 Å². The summed E-state index contributed by atoms with van der Waals surface area (Å²) < 4.78 is 46.7. The number of nitrogens with one attached hydrogen (secondary N) is 2. The zero-order valence-electron chi connectivity index (χ0n) is 19.2. The van der Waals surface area contributed by atoms with Gasteiger partial charge in [0.15, 0.2) is 11.5 Å². The molecule has 2 aliphatic heterocycles. The van der Waals surface area contributed by atoms with Gasteiger partial charge in [-0.15, -0.1) is 0 Å². The van der Waals surface area contributed by atoms with E-state index in [4.69, 9.17) is 14.2 Å².